The molecule has 18 heavy (non-hydrogen) atoms. The minimum atomic E-state index is -0.586. The first-order valence-corrected chi connectivity index (χ1v) is 7.23. The van der Waals surface area contributed by atoms with Crippen molar-refractivity contribution in [2.75, 3.05) is 0 Å². The van der Waals surface area contributed by atoms with Gasteiger partial charge < -0.3 is 15.3 Å². The van der Waals surface area contributed by atoms with Crippen LogP contribution in [0.15, 0.2) is 0 Å². The molecule has 0 bridgehead atoms. The Balaban J connectivity index is 3.41. The summed E-state index contributed by atoms with van der Waals surface area (Å²) in [6, 6.07) is 0. The maximum Gasteiger partial charge on any atom is 0.0591 e. The van der Waals surface area contributed by atoms with Gasteiger partial charge in [-0.2, -0.15) is 0 Å². The lowest BCUT2D eigenvalue weighted by Crippen LogP contribution is -2.18. The van der Waals surface area contributed by atoms with Crippen molar-refractivity contribution in [1.82, 2.24) is 0 Å². The second kappa shape index (κ2) is 8.13. The summed E-state index contributed by atoms with van der Waals surface area (Å²) in [6.07, 6.45) is 6.85. The molecule has 110 valence electrons. The average Bonchev–Trinajstić information content (AvgIpc) is 2.17. The van der Waals surface area contributed by atoms with Crippen molar-refractivity contribution in [2.24, 2.45) is 0 Å². The molecule has 0 aromatic carbocycles. The predicted octanol–water partition coefficient (Wildman–Crippen LogP) is 3.01. The Morgan fingerprint density at radius 1 is 0.722 bits per heavy atom. The molecule has 0 amide bonds. The van der Waals surface area contributed by atoms with E-state index in [1.165, 1.54) is 0 Å². The van der Waals surface area contributed by atoms with E-state index < -0.39 is 11.2 Å². The van der Waals surface area contributed by atoms with E-state index in [1.807, 2.05) is 27.7 Å². The van der Waals surface area contributed by atoms with E-state index in [0.717, 1.165) is 51.4 Å². The van der Waals surface area contributed by atoms with E-state index >= 15 is 0 Å². The molecule has 0 aliphatic heterocycles. The molecule has 3 nitrogen and oxygen atoms in total. The smallest absolute Gasteiger partial charge is 0.0591 e. The Morgan fingerprint density at radius 2 is 1.06 bits per heavy atom. The minimum absolute atomic E-state index is 0.228. The molecule has 0 aliphatic carbocycles. The van der Waals surface area contributed by atoms with E-state index in [2.05, 4.69) is 0 Å². The third-order valence-electron chi connectivity index (χ3n) is 3.15. The first-order valence-electron chi connectivity index (χ1n) is 7.23. The van der Waals surface area contributed by atoms with Gasteiger partial charge in [0.1, 0.15) is 0 Å². The fourth-order valence-electron chi connectivity index (χ4n) is 2.02. The number of unbranched alkanes of at least 4 members (excludes halogenated alkanes) is 2. The van der Waals surface area contributed by atoms with Crippen LogP contribution in [0, 0.1) is 0 Å². The Kier molecular flexibility index (Phi) is 8.08. The lowest BCUT2D eigenvalue weighted by atomic mass is 9.97. The predicted molar refractivity (Wildman–Crippen MR) is 75.5 cm³/mol. The molecule has 0 rings (SSSR count). The zero-order chi connectivity index (χ0) is 14.2. The van der Waals surface area contributed by atoms with Crippen LogP contribution in [0.5, 0.6) is 0 Å². The molecule has 0 fully saturated rings. The lowest BCUT2D eigenvalue weighted by Gasteiger charge is -2.18. The quantitative estimate of drug-likeness (QED) is 0.529. The highest BCUT2D eigenvalue weighted by molar-refractivity contribution is 4.67. The van der Waals surface area contributed by atoms with E-state index in [0.29, 0.717) is 0 Å². The number of hydrogen-bond acceptors (Lipinski definition) is 3. The van der Waals surface area contributed by atoms with Crippen LogP contribution in [-0.2, 0) is 0 Å². The number of aliphatic hydroxyl groups is 3. The molecule has 0 saturated carbocycles. The van der Waals surface area contributed by atoms with Crippen LogP contribution in [0.2, 0.25) is 0 Å². The van der Waals surface area contributed by atoms with Crippen LogP contribution >= 0.6 is 0 Å². The molecule has 0 saturated heterocycles. The first-order chi connectivity index (χ1) is 8.10. The molecule has 0 aliphatic rings. The van der Waals surface area contributed by atoms with Crippen molar-refractivity contribution in [3.8, 4) is 0 Å². The average molecular weight is 260 g/mol. The van der Waals surface area contributed by atoms with E-state index in [-0.39, 0.29) is 6.10 Å². The van der Waals surface area contributed by atoms with Gasteiger partial charge in [-0.3, -0.25) is 0 Å². The van der Waals surface area contributed by atoms with Gasteiger partial charge in [-0.15, -0.1) is 0 Å². The monoisotopic (exact) mass is 260 g/mol. The van der Waals surface area contributed by atoms with Crippen molar-refractivity contribution in [3.63, 3.8) is 0 Å². The fraction of sp³-hybridized carbons (Fsp3) is 1.00. The third-order valence-corrected chi connectivity index (χ3v) is 3.15. The van der Waals surface area contributed by atoms with E-state index in [1.54, 1.807) is 0 Å². The van der Waals surface area contributed by atoms with Crippen LogP contribution < -0.4 is 0 Å². The molecule has 0 spiro atoms. The maximum atomic E-state index is 9.78. The summed E-state index contributed by atoms with van der Waals surface area (Å²) in [7, 11) is 0. The second-order valence-corrected chi connectivity index (χ2v) is 6.77. The van der Waals surface area contributed by atoms with Gasteiger partial charge in [0.25, 0.3) is 0 Å². The van der Waals surface area contributed by atoms with Crippen LogP contribution in [0.4, 0.5) is 0 Å². The van der Waals surface area contributed by atoms with Crippen LogP contribution in [-0.4, -0.2) is 32.6 Å². The molecule has 3 heteroatoms. The number of rotatable bonds is 10. The summed E-state index contributed by atoms with van der Waals surface area (Å²) >= 11 is 0. The molecular formula is C15H32O3. The van der Waals surface area contributed by atoms with Gasteiger partial charge in [-0.05, 0) is 53.4 Å². The Bertz CT molecular complexity index is 179. The van der Waals surface area contributed by atoms with Gasteiger partial charge in [0.15, 0.2) is 0 Å². The summed E-state index contributed by atoms with van der Waals surface area (Å²) in [5, 5.41) is 28.9. The van der Waals surface area contributed by atoms with Crippen molar-refractivity contribution in [3.05, 3.63) is 0 Å². The molecule has 0 atom stereocenters. The molecule has 0 unspecified atom stereocenters. The van der Waals surface area contributed by atoms with Crippen LogP contribution in [0.1, 0.15) is 79.1 Å². The fourth-order valence-corrected chi connectivity index (χ4v) is 2.02. The summed E-state index contributed by atoms with van der Waals surface area (Å²) in [5.41, 5.74) is -1.17. The molecule has 0 aromatic rings. The Morgan fingerprint density at radius 3 is 1.33 bits per heavy atom. The zero-order valence-corrected chi connectivity index (χ0v) is 12.6. The minimum Gasteiger partial charge on any atom is -0.393 e. The van der Waals surface area contributed by atoms with Gasteiger partial charge >= 0.3 is 0 Å². The largest absolute Gasteiger partial charge is 0.393 e. The highest BCUT2D eigenvalue weighted by atomic mass is 16.3. The zero-order valence-electron chi connectivity index (χ0n) is 12.6. The van der Waals surface area contributed by atoms with Gasteiger partial charge in [0.05, 0.1) is 17.3 Å². The summed E-state index contributed by atoms with van der Waals surface area (Å²) < 4.78 is 0. The van der Waals surface area contributed by atoms with Gasteiger partial charge in [-0.25, -0.2) is 0 Å². The maximum absolute atomic E-state index is 9.78. The van der Waals surface area contributed by atoms with Crippen molar-refractivity contribution in [1.29, 1.82) is 0 Å². The number of hydrogen-bond donors (Lipinski definition) is 3. The van der Waals surface area contributed by atoms with Gasteiger partial charge in [-0.1, -0.05) is 25.7 Å². The SMILES string of the molecule is CC(C)(O)CCCCC(O)CCCCC(C)(C)O. The number of aliphatic hydroxyl groups excluding tert-OH is 1. The summed E-state index contributed by atoms with van der Waals surface area (Å²) in [4.78, 5) is 0. The molecule has 3 N–H and O–H groups in total. The van der Waals surface area contributed by atoms with E-state index in [9.17, 15) is 15.3 Å². The highest BCUT2D eigenvalue weighted by Crippen LogP contribution is 2.17. The standard InChI is InChI=1S/C15H32O3/c1-14(2,17)11-7-5-9-13(16)10-6-8-12-15(3,4)18/h13,16-18H,5-12H2,1-4H3. The molecule has 0 aromatic heterocycles. The Labute approximate surface area is 112 Å². The van der Waals surface area contributed by atoms with Gasteiger partial charge in [0, 0.05) is 0 Å². The van der Waals surface area contributed by atoms with E-state index in [4.69, 9.17) is 0 Å². The van der Waals surface area contributed by atoms with Crippen molar-refractivity contribution in [2.45, 2.75) is 96.4 Å². The van der Waals surface area contributed by atoms with Crippen molar-refractivity contribution >= 4 is 0 Å². The van der Waals surface area contributed by atoms with Crippen LogP contribution in [0.3, 0.4) is 0 Å². The van der Waals surface area contributed by atoms with Crippen molar-refractivity contribution < 1.29 is 15.3 Å². The lowest BCUT2D eigenvalue weighted by molar-refractivity contribution is 0.0636. The second-order valence-electron chi connectivity index (χ2n) is 6.77. The summed E-state index contributed by atoms with van der Waals surface area (Å²) in [6.45, 7) is 7.28. The normalized spacial score (nSPS) is 13.3. The molecule has 0 radical (unpaired) electrons. The van der Waals surface area contributed by atoms with Crippen LogP contribution in [0.25, 0.3) is 0 Å². The highest BCUT2D eigenvalue weighted by Gasteiger charge is 2.13. The Hall–Kier alpha value is -0.120. The van der Waals surface area contributed by atoms with Gasteiger partial charge in [0.2, 0.25) is 0 Å². The topological polar surface area (TPSA) is 60.7 Å². The molecule has 0 heterocycles. The first kappa shape index (κ1) is 17.9. The molecular weight excluding hydrogens is 228 g/mol. The summed E-state index contributed by atoms with van der Waals surface area (Å²) in [5.74, 6) is 0. The third kappa shape index (κ3) is 13.9.